The van der Waals surface area contributed by atoms with Crippen LogP contribution in [0.1, 0.15) is 31.3 Å². The van der Waals surface area contributed by atoms with E-state index < -0.39 is 16.1 Å². The maximum atomic E-state index is 12.6. The Morgan fingerprint density at radius 2 is 1.93 bits per heavy atom. The lowest BCUT2D eigenvalue weighted by Crippen LogP contribution is -2.27. The summed E-state index contributed by atoms with van der Waals surface area (Å²) in [6, 6.07) is 11.7. The van der Waals surface area contributed by atoms with Crippen molar-refractivity contribution in [1.82, 2.24) is 24.4 Å². The third-order valence-corrected chi connectivity index (χ3v) is 6.25. The summed E-state index contributed by atoms with van der Waals surface area (Å²) < 4.78 is 35.1. The van der Waals surface area contributed by atoms with Gasteiger partial charge in [0, 0.05) is 12.1 Å². The molecule has 8 nitrogen and oxygen atoms in total. The van der Waals surface area contributed by atoms with Gasteiger partial charge in [0.2, 0.25) is 21.7 Å². The van der Waals surface area contributed by atoms with E-state index in [0.717, 1.165) is 28.7 Å². The van der Waals surface area contributed by atoms with Crippen molar-refractivity contribution >= 4 is 21.1 Å². The number of hydrogen-bond donors (Lipinski definition) is 1. The molecule has 9 heteroatoms. The summed E-state index contributed by atoms with van der Waals surface area (Å²) in [5.41, 5.74) is 3.60. The summed E-state index contributed by atoms with van der Waals surface area (Å²) >= 11 is 0. The summed E-state index contributed by atoms with van der Waals surface area (Å²) in [5.74, 6) is 0.573. The van der Waals surface area contributed by atoms with E-state index in [1.807, 2.05) is 29.7 Å². The van der Waals surface area contributed by atoms with Gasteiger partial charge in [0.05, 0.1) is 28.3 Å². The van der Waals surface area contributed by atoms with Crippen molar-refractivity contribution in [3.8, 4) is 11.4 Å². The molecule has 1 unspecified atom stereocenters. The molecule has 0 spiro atoms. The average Bonchev–Trinajstić information content (AvgIpc) is 3.34. The third-order valence-electron chi connectivity index (χ3n) is 4.70. The predicted octanol–water partition coefficient (Wildman–Crippen LogP) is 3.45. The highest BCUT2D eigenvalue weighted by molar-refractivity contribution is 7.89. The van der Waals surface area contributed by atoms with Gasteiger partial charge < -0.3 is 9.09 Å². The Balaban J connectivity index is 1.56. The molecule has 4 rings (SSSR count). The van der Waals surface area contributed by atoms with E-state index >= 15 is 0 Å². The molecular formula is C20H21N5O3S. The molecule has 0 fully saturated rings. The fraction of sp³-hybridized carbons (Fsp3) is 0.250. The zero-order valence-electron chi connectivity index (χ0n) is 16.3. The molecule has 2 heterocycles. The number of nitrogens with zero attached hydrogens (tertiary/aromatic N) is 4. The van der Waals surface area contributed by atoms with Crippen LogP contribution >= 0.6 is 0 Å². The number of rotatable bonds is 6. The van der Waals surface area contributed by atoms with Crippen molar-refractivity contribution in [3.05, 3.63) is 60.2 Å². The molecule has 4 aromatic rings. The van der Waals surface area contributed by atoms with E-state index in [1.54, 1.807) is 37.5 Å². The van der Waals surface area contributed by atoms with Crippen molar-refractivity contribution in [1.29, 1.82) is 0 Å². The molecule has 1 atom stereocenters. The molecule has 0 saturated carbocycles. The van der Waals surface area contributed by atoms with Gasteiger partial charge in [-0.1, -0.05) is 22.9 Å². The van der Waals surface area contributed by atoms with E-state index in [-0.39, 0.29) is 10.8 Å². The second-order valence-corrected chi connectivity index (χ2v) is 8.56. The standard InChI is InChI=1S/C20H21N5O3S/c1-4-25-12-21-17-11-15(7-10-18(17)25)19-22-20(28-23-19)14(3)24-29(26,27)16-8-5-13(2)6-9-16/h5-12,14,24H,4H2,1-3H3. The summed E-state index contributed by atoms with van der Waals surface area (Å²) in [7, 11) is -3.70. The van der Waals surface area contributed by atoms with Crippen LogP contribution in [0.25, 0.3) is 22.4 Å². The number of aryl methyl sites for hydroxylation is 2. The number of aromatic nitrogens is 4. The molecule has 0 radical (unpaired) electrons. The first-order chi connectivity index (χ1) is 13.9. The highest BCUT2D eigenvalue weighted by Crippen LogP contribution is 2.24. The van der Waals surface area contributed by atoms with Gasteiger partial charge in [-0.2, -0.15) is 9.71 Å². The Bertz CT molecular complexity index is 1260. The summed E-state index contributed by atoms with van der Waals surface area (Å²) in [6.45, 7) is 6.45. The van der Waals surface area contributed by atoms with Crippen molar-refractivity contribution in [3.63, 3.8) is 0 Å². The van der Waals surface area contributed by atoms with Gasteiger partial charge in [0.15, 0.2) is 0 Å². The van der Waals surface area contributed by atoms with Crippen LogP contribution in [0.4, 0.5) is 0 Å². The van der Waals surface area contributed by atoms with Crippen LogP contribution in [0.15, 0.2) is 58.2 Å². The first-order valence-corrected chi connectivity index (χ1v) is 10.7. The number of fused-ring (bicyclic) bond motifs is 1. The number of hydrogen-bond acceptors (Lipinski definition) is 6. The molecule has 0 aliphatic heterocycles. The second-order valence-electron chi connectivity index (χ2n) is 6.85. The summed E-state index contributed by atoms with van der Waals surface area (Å²) in [5, 5.41) is 4.00. The van der Waals surface area contributed by atoms with Crippen molar-refractivity contribution in [2.24, 2.45) is 0 Å². The van der Waals surface area contributed by atoms with Crippen LogP contribution in [0.2, 0.25) is 0 Å². The summed E-state index contributed by atoms with van der Waals surface area (Å²) in [4.78, 5) is 8.94. The fourth-order valence-electron chi connectivity index (χ4n) is 3.05. The summed E-state index contributed by atoms with van der Waals surface area (Å²) in [6.07, 6.45) is 1.79. The van der Waals surface area contributed by atoms with E-state index in [9.17, 15) is 8.42 Å². The van der Waals surface area contributed by atoms with Gasteiger partial charge >= 0.3 is 0 Å². The topological polar surface area (TPSA) is 103 Å². The molecule has 0 saturated heterocycles. The third kappa shape index (κ3) is 3.79. The van der Waals surface area contributed by atoms with Crippen LogP contribution < -0.4 is 4.72 Å². The zero-order valence-corrected chi connectivity index (χ0v) is 17.1. The maximum Gasteiger partial charge on any atom is 0.244 e. The normalized spacial score (nSPS) is 13.1. The largest absolute Gasteiger partial charge is 0.337 e. The molecule has 0 aliphatic carbocycles. The zero-order chi connectivity index (χ0) is 20.6. The van der Waals surface area contributed by atoms with Gasteiger partial charge in [-0.25, -0.2) is 13.4 Å². The van der Waals surface area contributed by atoms with Gasteiger partial charge in [-0.3, -0.25) is 0 Å². The molecule has 2 aromatic heterocycles. The molecule has 150 valence electrons. The number of imidazole rings is 1. The SMILES string of the molecule is CCn1cnc2cc(-c3noc(C(C)NS(=O)(=O)c4ccc(C)cc4)n3)ccc21. The second kappa shape index (κ2) is 7.41. The maximum absolute atomic E-state index is 12.6. The number of nitrogens with one attached hydrogen (secondary N) is 1. The molecule has 29 heavy (non-hydrogen) atoms. The smallest absolute Gasteiger partial charge is 0.244 e. The van der Waals surface area contributed by atoms with Crippen LogP contribution in [0, 0.1) is 6.92 Å². The van der Waals surface area contributed by atoms with Crippen LogP contribution in [0.3, 0.4) is 0 Å². The molecule has 0 amide bonds. The molecule has 2 aromatic carbocycles. The molecule has 1 N–H and O–H groups in total. The Morgan fingerprint density at radius 1 is 1.17 bits per heavy atom. The number of benzene rings is 2. The van der Waals surface area contributed by atoms with Crippen LogP contribution in [-0.2, 0) is 16.6 Å². The van der Waals surface area contributed by atoms with E-state index in [0.29, 0.717) is 5.82 Å². The van der Waals surface area contributed by atoms with Crippen LogP contribution in [-0.4, -0.2) is 28.1 Å². The fourth-order valence-corrected chi connectivity index (χ4v) is 4.25. The van der Waals surface area contributed by atoms with Crippen molar-refractivity contribution < 1.29 is 12.9 Å². The highest BCUT2D eigenvalue weighted by atomic mass is 32.2. The van der Waals surface area contributed by atoms with Gasteiger partial charge in [0.1, 0.15) is 0 Å². The van der Waals surface area contributed by atoms with Crippen molar-refractivity contribution in [2.75, 3.05) is 0 Å². The first-order valence-electron chi connectivity index (χ1n) is 9.25. The van der Waals surface area contributed by atoms with E-state index in [1.165, 1.54) is 0 Å². The van der Waals surface area contributed by atoms with E-state index in [2.05, 4.69) is 26.8 Å². The first kappa shape index (κ1) is 19.3. The lowest BCUT2D eigenvalue weighted by molar-refractivity contribution is 0.354. The monoisotopic (exact) mass is 411 g/mol. The van der Waals surface area contributed by atoms with Crippen LogP contribution in [0.5, 0.6) is 0 Å². The van der Waals surface area contributed by atoms with Gasteiger partial charge in [-0.15, -0.1) is 0 Å². The highest BCUT2D eigenvalue weighted by Gasteiger charge is 2.23. The quantitative estimate of drug-likeness (QED) is 0.521. The Kier molecular flexibility index (Phi) is 4.93. The van der Waals surface area contributed by atoms with Gasteiger partial charge in [0.25, 0.3) is 0 Å². The minimum Gasteiger partial charge on any atom is -0.337 e. The van der Waals surface area contributed by atoms with E-state index in [4.69, 9.17) is 4.52 Å². The predicted molar refractivity (Wildman–Crippen MR) is 109 cm³/mol. The lowest BCUT2D eigenvalue weighted by atomic mass is 10.2. The molecular weight excluding hydrogens is 390 g/mol. The minimum atomic E-state index is -3.70. The minimum absolute atomic E-state index is 0.187. The Morgan fingerprint density at radius 3 is 2.66 bits per heavy atom. The van der Waals surface area contributed by atoms with Crippen molar-refractivity contribution in [2.45, 2.75) is 38.3 Å². The average molecular weight is 411 g/mol. The van der Waals surface area contributed by atoms with Gasteiger partial charge in [-0.05, 0) is 51.1 Å². The molecule has 0 aliphatic rings. The number of sulfonamides is 1. The molecule has 0 bridgehead atoms. The Hall–Kier alpha value is -3.04. The Labute approximate surface area is 168 Å². The lowest BCUT2D eigenvalue weighted by Gasteiger charge is -2.10.